The molecule has 0 unspecified atom stereocenters. The Morgan fingerprint density at radius 2 is 1.19 bits per heavy atom. The van der Waals surface area contributed by atoms with E-state index in [1.807, 2.05) is 4.72 Å². The average Bonchev–Trinajstić information content (AvgIpc) is 3.20. The Morgan fingerprint density at radius 3 is 1.70 bits per heavy atom. The molecule has 0 bridgehead atoms. The number of aromatic nitrogens is 2. The summed E-state index contributed by atoms with van der Waals surface area (Å²) in [4.78, 5) is 50.5. The van der Waals surface area contributed by atoms with Crippen molar-refractivity contribution < 1.29 is 21.6 Å². The summed E-state index contributed by atoms with van der Waals surface area (Å²) >= 11 is 0. The molecule has 2 aromatic heterocycles. The molecule has 9 nitrogen and oxygen atoms in total. The lowest BCUT2D eigenvalue weighted by atomic mass is 10.1. The first-order valence-corrected chi connectivity index (χ1v) is 12.0. The molecule has 0 fully saturated rings. The van der Waals surface area contributed by atoms with Crippen LogP contribution in [0, 0.1) is 24.4 Å². The van der Waals surface area contributed by atoms with E-state index in [4.69, 9.17) is 0 Å². The molecule has 0 aliphatic heterocycles. The first-order valence-electron chi connectivity index (χ1n) is 10.5. The number of benzene rings is 3. The van der Waals surface area contributed by atoms with Gasteiger partial charge in [-0.1, -0.05) is 0 Å². The molecule has 37 heavy (non-hydrogen) atoms. The third-order valence-corrected chi connectivity index (χ3v) is 7.30. The maximum Gasteiger partial charge on any atom is 0.266 e. The van der Waals surface area contributed by atoms with Gasteiger partial charge in [-0.15, -0.1) is 0 Å². The predicted octanol–water partition coefficient (Wildman–Crippen LogP) is 1.97. The molecule has 0 aliphatic rings. The zero-order chi connectivity index (χ0) is 27.0. The van der Waals surface area contributed by atoms with Crippen LogP contribution >= 0.6 is 0 Å². The SMILES string of the molecule is Cc1cc(-n2c(=O)c3cc4c(=O)n(C)c(=O)c4cc3c2=O)cc(S(=O)(=O)Nc2cc(F)c(F)c(F)c2)c1. The van der Waals surface area contributed by atoms with E-state index in [-0.39, 0.29) is 27.2 Å². The summed E-state index contributed by atoms with van der Waals surface area (Å²) in [5.41, 5.74) is -3.38. The van der Waals surface area contributed by atoms with Crippen LogP contribution < -0.4 is 27.0 Å². The largest absolute Gasteiger partial charge is 0.279 e. The summed E-state index contributed by atoms with van der Waals surface area (Å²) in [6, 6.07) is 6.75. The van der Waals surface area contributed by atoms with Gasteiger partial charge >= 0.3 is 0 Å². The molecule has 0 aliphatic carbocycles. The number of sulfonamides is 1. The van der Waals surface area contributed by atoms with Crippen LogP contribution in [-0.2, 0) is 17.1 Å². The third kappa shape index (κ3) is 3.66. The molecule has 0 radical (unpaired) electrons. The van der Waals surface area contributed by atoms with Gasteiger partial charge in [0.05, 0.1) is 37.8 Å². The van der Waals surface area contributed by atoms with Crippen molar-refractivity contribution in [2.45, 2.75) is 11.8 Å². The Hall–Kier alpha value is -4.52. The van der Waals surface area contributed by atoms with Gasteiger partial charge in [-0.2, -0.15) is 0 Å². The molecule has 0 amide bonds. The van der Waals surface area contributed by atoms with E-state index in [9.17, 15) is 40.8 Å². The van der Waals surface area contributed by atoms with Gasteiger partial charge in [0, 0.05) is 19.2 Å². The van der Waals surface area contributed by atoms with Crippen molar-refractivity contribution in [1.29, 1.82) is 0 Å². The molecule has 5 aromatic rings. The maximum atomic E-state index is 13.5. The summed E-state index contributed by atoms with van der Waals surface area (Å²) < 4.78 is 69.7. The van der Waals surface area contributed by atoms with Crippen LogP contribution in [0.15, 0.2) is 66.5 Å². The quantitative estimate of drug-likeness (QED) is 0.355. The summed E-state index contributed by atoms with van der Waals surface area (Å²) in [6.07, 6.45) is 0. The van der Waals surface area contributed by atoms with E-state index >= 15 is 0 Å². The number of nitrogens with one attached hydrogen (secondary N) is 1. The molecule has 5 rings (SSSR count). The lowest BCUT2D eigenvalue weighted by Crippen LogP contribution is -2.24. The Balaban J connectivity index is 1.68. The Kier molecular flexibility index (Phi) is 5.23. The topological polar surface area (TPSA) is 124 Å². The lowest BCUT2D eigenvalue weighted by molar-refractivity contribution is 0.448. The van der Waals surface area contributed by atoms with E-state index in [0.717, 1.165) is 22.8 Å². The van der Waals surface area contributed by atoms with Crippen molar-refractivity contribution in [3.63, 3.8) is 0 Å². The van der Waals surface area contributed by atoms with Crippen molar-refractivity contribution in [1.82, 2.24) is 9.13 Å². The van der Waals surface area contributed by atoms with Gasteiger partial charge in [0.15, 0.2) is 17.5 Å². The minimum Gasteiger partial charge on any atom is -0.279 e. The van der Waals surface area contributed by atoms with Crippen LogP contribution in [0.4, 0.5) is 18.9 Å². The smallest absolute Gasteiger partial charge is 0.266 e. The monoisotopic (exact) mass is 529 g/mol. The predicted molar refractivity (Wildman–Crippen MR) is 129 cm³/mol. The molecule has 188 valence electrons. The zero-order valence-corrected chi connectivity index (χ0v) is 19.7. The second-order valence-corrected chi connectivity index (χ2v) is 10.1. The van der Waals surface area contributed by atoms with Gasteiger partial charge < -0.3 is 0 Å². The van der Waals surface area contributed by atoms with Gasteiger partial charge in [0.25, 0.3) is 32.3 Å². The first-order chi connectivity index (χ1) is 17.3. The number of anilines is 1. The molecule has 13 heteroatoms. The van der Waals surface area contributed by atoms with Crippen LogP contribution in [0.5, 0.6) is 0 Å². The summed E-state index contributed by atoms with van der Waals surface area (Å²) in [5.74, 6) is -4.99. The van der Waals surface area contributed by atoms with Crippen molar-refractivity contribution in [3.8, 4) is 5.69 Å². The fourth-order valence-electron chi connectivity index (χ4n) is 4.17. The zero-order valence-electron chi connectivity index (χ0n) is 18.9. The van der Waals surface area contributed by atoms with Crippen LogP contribution in [0.25, 0.3) is 27.2 Å². The number of hydrogen-bond acceptors (Lipinski definition) is 6. The van der Waals surface area contributed by atoms with E-state index in [1.54, 1.807) is 0 Å². The van der Waals surface area contributed by atoms with Crippen molar-refractivity contribution in [2.24, 2.45) is 7.05 Å². The third-order valence-electron chi connectivity index (χ3n) is 5.93. The fourth-order valence-corrected chi connectivity index (χ4v) is 5.33. The standard InChI is InChI=1S/C24H14F3N3O6S/c1-10-3-12(7-13(4-10)37(35,36)28-11-5-18(25)20(27)19(26)6-11)30-23(33)16-8-14-15(9-17(16)24(30)34)22(32)29(2)21(14)31/h3-9,28H,1-2H3. The number of nitrogens with zero attached hydrogens (tertiary/aromatic N) is 2. The van der Waals surface area contributed by atoms with Crippen molar-refractivity contribution in [2.75, 3.05) is 4.72 Å². The number of aryl methyl sites for hydroxylation is 1. The Bertz CT molecular complexity index is 2020. The van der Waals surface area contributed by atoms with Crippen molar-refractivity contribution in [3.05, 3.63) is 107 Å². The Labute approximate surface area is 204 Å². The van der Waals surface area contributed by atoms with Gasteiger partial charge in [-0.3, -0.25) is 28.5 Å². The summed E-state index contributed by atoms with van der Waals surface area (Å²) in [6.45, 7) is 1.49. The molecule has 2 heterocycles. The van der Waals surface area contributed by atoms with Crippen molar-refractivity contribution >= 4 is 37.3 Å². The second-order valence-electron chi connectivity index (χ2n) is 8.42. The fraction of sp³-hybridized carbons (Fsp3) is 0.0833. The highest BCUT2D eigenvalue weighted by Crippen LogP contribution is 2.24. The van der Waals surface area contributed by atoms with E-state index in [0.29, 0.717) is 22.3 Å². The van der Waals surface area contributed by atoms with Crippen LogP contribution in [0.2, 0.25) is 0 Å². The lowest BCUT2D eigenvalue weighted by Gasteiger charge is -2.11. The number of fused-ring (bicyclic) bond motifs is 2. The highest BCUT2D eigenvalue weighted by atomic mass is 32.2. The van der Waals surface area contributed by atoms with E-state index < -0.39 is 60.3 Å². The van der Waals surface area contributed by atoms with Gasteiger partial charge in [0.1, 0.15) is 0 Å². The highest BCUT2D eigenvalue weighted by molar-refractivity contribution is 7.92. The maximum absolute atomic E-state index is 13.5. The number of hydrogen-bond donors (Lipinski definition) is 1. The van der Waals surface area contributed by atoms with Gasteiger partial charge in [-0.25, -0.2) is 26.2 Å². The minimum atomic E-state index is -4.52. The van der Waals surface area contributed by atoms with Gasteiger partial charge in [0.2, 0.25) is 0 Å². The second kappa shape index (κ2) is 8.00. The first kappa shape index (κ1) is 24.2. The van der Waals surface area contributed by atoms with Crippen LogP contribution in [0.3, 0.4) is 0 Å². The minimum absolute atomic E-state index is 0.0373. The molecule has 3 aromatic carbocycles. The molecular weight excluding hydrogens is 515 g/mol. The Morgan fingerprint density at radius 1 is 0.703 bits per heavy atom. The molecule has 0 saturated carbocycles. The average molecular weight is 529 g/mol. The number of halogens is 3. The molecule has 0 saturated heterocycles. The highest BCUT2D eigenvalue weighted by Gasteiger charge is 2.22. The number of rotatable bonds is 4. The molecule has 1 N–H and O–H groups in total. The van der Waals surface area contributed by atoms with Crippen LogP contribution in [-0.4, -0.2) is 17.6 Å². The van der Waals surface area contributed by atoms with E-state index in [1.165, 1.54) is 26.1 Å². The van der Waals surface area contributed by atoms with E-state index in [2.05, 4.69) is 0 Å². The summed E-state index contributed by atoms with van der Waals surface area (Å²) in [7, 11) is -3.25. The molecular formula is C24H14F3N3O6S. The molecule has 0 spiro atoms. The summed E-state index contributed by atoms with van der Waals surface area (Å²) in [5, 5.41) is -0.350. The molecule has 0 atom stereocenters. The van der Waals surface area contributed by atoms with Gasteiger partial charge in [-0.05, 0) is 42.8 Å². The normalized spacial score (nSPS) is 12.0. The van der Waals surface area contributed by atoms with Crippen LogP contribution in [0.1, 0.15) is 5.56 Å².